The van der Waals surface area contributed by atoms with Crippen molar-refractivity contribution in [3.63, 3.8) is 0 Å². The highest BCUT2D eigenvalue weighted by atomic mass is 16.5. The van der Waals surface area contributed by atoms with Crippen LogP contribution >= 0.6 is 0 Å². The van der Waals surface area contributed by atoms with Crippen LogP contribution in [0.25, 0.3) is 0 Å². The second-order valence-electron chi connectivity index (χ2n) is 6.67. The molecule has 0 fully saturated rings. The monoisotopic (exact) mass is 373 g/mol. The van der Waals surface area contributed by atoms with Crippen LogP contribution < -0.4 is 14.2 Å². The highest BCUT2D eigenvalue weighted by molar-refractivity contribution is 5.53. The minimum absolute atomic E-state index is 0.179. The molecule has 2 rings (SSSR count). The fourth-order valence-electron chi connectivity index (χ4n) is 3.40. The molecule has 0 saturated heterocycles. The van der Waals surface area contributed by atoms with Crippen LogP contribution in [0.4, 0.5) is 0 Å². The third-order valence-corrected chi connectivity index (χ3v) is 5.09. The molecule has 0 saturated carbocycles. The summed E-state index contributed by atoms with van der Waals surface area (Å²) >= 11 is 0. The van der Waals surface area contributed by atoms with Crippen molar-refractivity contribution in [1.29, 1.82) is 0 Å². The van der Waals surface area contributed by atoms with Crippen molar-refractivity contribution in [3.8, 4) is 17.2 Å². The Hall–Kier alpha value is -2.24. The van der Waals surface area contributed by atoms with Crippen molar-refractivity contribution in [2.75, 3.05) is 42.0 Å². The number of benzene rings is 2. The SMILES string of the molecule is CCC(COCc1cc(OC)c(OC)c(OC)c1)(c1ccccc1)N(C)C. The molecule has 0 radical (unpaired) electrons. The summed E-state index contributed by atoms with van der Waals surface area (Å²) in [6.07, 6.45) is 0.944. The minimum Gasteiger partial charge on any atom is -0.493 e. The Morgan fingerprint density at radius 3 is 1.93 bits per heavy atom. The van der Waals surface area contributed by atoms with E-state index in [9.17, 15) is 0 Å². The maximum absolute atomic E-state index is 6.17. The molecular weight excluding hydrogens is 342 g/mol. The zero-order valence-electron chi connectivity index (χ0n) is 17.2. The molecule has 27 heavy (non-hydrogen) atoms. The highest BCUT2D eigenvalue weighted by Crippen LogP contribution is 2.38. The molecule has 0 aliphatic heterocycles. The Labute approximate surface area is 162 Å². The number of ether oxygens (including phenoxy) is 4. The molecule has 1 unspecified atom stereocenters. The molecule has 0 aliphatic carbocycles. The van der Waals surface area contributed by atoms with E-state index in [2.05, 4.69) is 50.2 Å². The molecule has 0 N–H and O–H groups in total. The number of hydrogen-bond donors (Lipinski definition) is 0. The Bertz CT molecular complexity index is 693. The van der Waals surface area contributed by atoms with Gasteiger partial charge in [0, 0.05) is 0 Å². The molecule has 0 heterocycles. The first-order valence-corrected chi connectivity index (χ1v) is 9.12. The fourth-order valence-corrected chi connectivity index (χ4v) is 3.40. The van der Waals surface area contributed by atoms with Crippen LogP contribution in [0.1, 0.15) is 24.5 Å². The molecule has 2 aromatic carbocycles. The van der Waals surface area contributed by atoms with Crippen molar-refractivity contribution in [3.05, 3.63) is 53.6 Å². The number of nitrogens with zero attached hydrogens (tertiary/aromatic N) is 1. The maximum atomic E-state index is 6.17. The Morgan fingerprint density at radius 1 is 0.889 bits per heavy atom. The van der Waals surface area contributed by atoms with Gasteiger partial charge >= 0.3 is 0 Å². The van der Waals surface area contributed by atoms with Crippen molar-refractivity contribution >= 4 is 0 Å². The molecule has 0 spiro atoms. The normalized spacial score (nSPS) is 13.3. The van der Waals surface area contributed by atoms with Crippen molar-refractivity contribution < 1.29 is 18.9 Å². The molecule has 0 bridgehead atoms. The smallest absolute Gasteiger partial charge is 0.203 e. The standard InChI is InChI=1S/C22H31NO4/c1-7-22(23(2)3,18-11-9-8-10-12-18)16-27-15-17-13-19(24-4)21(26-6)20(14-17)25-5/h8-14H,7,15-16H2,1-6H3. The van der Waals surface area contributed by atoms with E-state index in [1.54, 1.807) is 21.3 Å². The van der Waals surface area contributed by atoms with Crippen LogP contribution in [-0.4, -0.2) is 46.9 Å². The minimum atomic E-state index is -0.179. The van der Waals surface area contributed by atoms with Gasteiger partial charge < -0.3 is 18.9 Å². The summed E-state index contributed by atoms with van der Waals surface area (Å²) < 4.78 is 22.4. The van der Waals surface area contributed by atoms with Gasteiger partial charge in [0.05, 0.1) is 40.1 Å². The molecule has 0 aliphatic rings. The molecule has 0 amide bonds. The van der Waals surface area contributed by atoms with Gasteiger partial charge in [-0.3, -0.25) is 4.90 Å². The van der Waals surface area contributed by atoms with E-state index in [0.717, 1.165) is 12.0 Å². The third kappa shape index (κ3) is 4.54. The average molecular weight is 373 g/mol. The lowest BCUT2D eigenvalue weighted by Crippen LogP contribution is -2.45. The van der Waals surface area contributed by atoms with Crippen molar-refractivity contribution in [2.24, 2.45) is 0 Å². The van der Waals surface area contributed by atoms with Crippen LogP contribution in [0.15, 0.2) is 42.5 Å². The van der Waals surface area contributed by atoms with Gasteiger partial charge in [0.1, 0.15) is 0 Å². The average Bonchev–Trinajstić information content (AvgIpc) is 2.70. The molecule has 148 valence electrons. The summed E-state index contributed by atoms with van der Waals surface area (Å²) in [5, 5.41) is 0. The third-order valence-electron chi connectivity index (χ3n) is 5.09. The summed E-state index contributed by atoms with van der Waals surface area (Å²) in [4.78, 5) is 2.23. The lowest BCUT2D eigenvalue weighted by molar-refractivity contribution is 0.00193. The van der Waals surface area contributed by atoms with Gasteiger partial charge in [-0.05, 0) is 43.8 Å². The van der Waals surface area contributed by atoms with E-state index in [1.165, 1.54) is 5.56 Å². The van der Waals surface area contributed by atoms with Crippen molar-refractivity contribution in [2.45, 2.75) is 25.5 Å². The summed E-state index contributed by atoms with van der Waals surface area (Å²) in [5.41, 5.74) is 2.05. The molecule has 5 heteroatoms. The second-order valence-corrected chi connectivity index (χ2v) is 6.67. The molecule has 1 atom stereocenters. The van der Waals surface area contributed by atoms with Crippen LogP contribution in [0.2, 0.25) is 0 Å². The zero-order valence-corrected chi connectivity index (χ0v) is 17.2. The number of methoxy groups -OCH3 is 3. The van der Waals surface area contributed by atoms with Gasteiger partial charge in [-0.25, -0.2) is 0 Å². The summed E-state index contributed by atoms with van der Waals surface area (Å²) in [7, 11) is 9.03. The first-order valence-electron chi connectivity index (χ1n) is 9.12. The van der Waals surface area contributed by atoms with Crippen LogP contribution in [-0.2, 0) is 16.9 Å². The Kier molecular flexibility index (Phi) is 7.51. The lowest BCUT2D eigenvalue weighted by atomic mass is 9.87. The number of hydrogen-bond acceptors (Lipinski definition) is 5. The van der Waals surface area contributed by atoms with Crippen LogP contribution in [0.3, 0.4) is 0 Å². The van der Waals surface area contributed by atoms with Crippen LogP contribution in [0, 0.1) is 0 Å². The van der Waals surface area contributed by atoms with Crippen molar-refractivity contribution in [1.82, 2.24) is 4.90 Å². The Morgan fingerprint density at radius 2 is 1.48 bits per heavy atom. The second kappa shape index (κ2) is 9.62. The first kappa shape index (κ1) is 21.1. The number of rotatable bonds is 10. The van der Waals surface area contributed by atoms with E-state index in [1.807, 2.05) is 18.2 Å². The summed E-state index contributed by atoms with van der Waals surface area (Å²) in [6, 6.07) is 14.3. The van der Waals surface area contributed by atoms with Gasteiger partial charge in [0.15, 0.2) is 11.5 Å². The first-order chi connectivity index (χ1) is 13.0. The zero-order chi connectivity index (χ0) is 19.9. The summed E-state index contributed by atoms with van der Waals surface area (Å²) in [6.45, 7) is 3.23. The fraction of sp³-hybridized carbons (Fsp3) is 0.455. The van der Waals surface area contributed by atoms with E-state index >= 15 is 0 Å². The largest absolute Gasteiger partial charge is 0.493 e. The maximum Gasteiger partial charge on any atom is 0.203 e. The topological polar surface area (TPSA) is 40.2 Å². The predicted octanol–water partition coefficient (Wildman–Crippen LogP) is 4.10. The van der Waals surface area contributed by atoms with E-state index in [0.29, 0.717) is 30.5 Å². The molecule has 5 nitrogen and oxygen atoms in total. The van der Waals surface area contributed by atoms with Gasteiger partial charge in [0.25, 0.3) is 0 Å². The predicted molar refractivity (Wildman–Crippen MR) is 108 cm³/mol. The van der Waals surface area contributed by atoms with Gasteiger partial charge in [0.2, 0.25) is 5.75 Å². The van der Waals surface area contributed by atoms with E-state index in [-0.39, 0.29) is 5.54 Å². The summed E-state index contributed by atoms with van der Waals surface area (Å²) in [5.74, 6) is 1.85. The van der Waals surface area contributed by atoms with Crippen LogP contribution in [0.5, 0.6) is 17.2 Å². The molecule has 0 aromatic heterocycles. The van der Waals surface area contributed by atoms with E-state index in [4.69, 9.17) is 18.9 Å². The van der Waals surface area contributed by atoms with Gasteiger partial charge in [-0.15, -0.1) is 0 Å². The van der Waals surface area contributed by atoms with Gasteiger partial charge in [-0.1, -0.05) is 37.3 Å². The van der Waals surface area contributed by atoms with Gasteiger partial charge in [-0.2, -0.15) is 0 Å². The molecular formula is C22H31NO4. The highest BCUT2D eigenvalue weighted by Gasteiger charge is 2.33. The lowest BCUT2D eigenvalue weighted by Gasteiger charge is -2.39. The Balaban J connectivity index is 2.20. The van der Waals surface area contributed by atoms with E-state index < -0.39 is 0 Å². The number of likely N-dealkylation sites (N-methyl/N-ethyl adjacent to an activating group) is 1. The quantitative estimate of drug-likeness (QED) is 0.627. The molecule has 2 aromatic rings.